The topological polar surface area (TPSA) is 18.5 Å². The number of halogens is 1. The Balaban J connectivity index is 1.77. The molecule has 15 heavy (non-hydrogen) atoms. The molecule has 0 bridgehead atoms. The zero-order valence-corrected chi connectivity index (χ0v) is 11.7. The van der Waals surface area contributed by atoms with E-state index in [0.29, 0.717) is 4.05 Å². The zero-order valence-electron chi connectivity index (χ0n) is 9.58. The van der Waals surface area contributed by atoms with Crippen molar-refractivity contribution < 1.29 is 0 Å². The molecule has 2 aliphatic rings. The van der Waals surface area contributed by atoms with Gasteiger partial charge in [0.15, 0.2) is 0 Å². The number of hydrogen-bond donors (Lipinski definition) is 1. The predicted molar refractivity (Wildman–Crippen MR) is 72.5 cm³/mol. The van der Waals surface area contributed by atoms with Gasteiger partial charge in [-0.05, 0) is 19.8 Å². The number of rotatable bonds is 2. The van der Waals surface area contributed by atoms with Gasteiger partial charge < -0.3 is 5.32 Å². The van der Waals surface area contributed by atoms with E-state index in [-0.39, 0.29) is 0 Å². The van der Waals surface area contributed by atoms with E-state index >= 15 is 0 Å². The van der Waals surface area contributed by atoms with Crippen LogP contribution in [0.2, 0.25) is 0 Å². The molecule has 0 spiro atoms. The van der Waals surface area contributed by atoms with Gasteiger partial charge in [-0.2, -0.15) is 0 Å². The van der Waals surface area contributed by atoms with Crippen LogP contribution in [0.3, 0.4) is 0 Å². The number of piperidine rings is 1. The minimum Gasteiger partial charge on any atom is -0.314 e. The van der Waals surface area contributed by atoms with Gasteiger partial charge >= 0.3 is 0 Å². The maximum absolute atomic E-state index is 3.43. The van der Waals surface area contributed by atoms with Crippen molar-refractivity contribution >= 4 is 22.6 Å². The van der Waals surface area contributed by atoms with Crippen molar-refractivity contribution in [2.24, 2.45) is 0 Å². The molecule has 0 amide bonds. The van der Waals surface area contributed by atoms with Gasteiger partial charge in [-0.1, -0.05) is 22.6 Å². The van der Waals surface area contributed by atoms with Gasteiger partial charge in [0.25, 0.3) is 0 Å². The first-order valence-corrected chi connectivity index (χ1v) is 7.35. The first kappa shape index (κ1) is 12.1. The predicted octanol–water partition coefficient (Wildman–Crippen LogP) is 1.14. The van der Waals surface area contributed by atoms with Gasteiger partial charge in [-0.25, -0.2) is 0 Å². The summed E-state index contributed by atoms with van der Waals surface area (Å²) in [6, 6.07) is 0.860. The molecule has 4 heteroatoms. The van der Waals surface area contributed by atoms with Crippen LogP contribution in [0, 0.1) is 0 Å². The van der Waals surface area contributed by atoms with E-state index in [0.717, 1.165) is 6.04 Å². The smallest absolute Gasteiger partial charge is 0.0589 e. The number of piperazine rings is 1. The standard InChI is InChI=1S/C11H22IN3/c1-10(12)14-6-2-11(3-7-14)15-8-4-13-5-9-15/h10-11,13H,2-9H2,1H3. The minimum atomic E-state index is 0.701. The molecule has 1 N–H and O–H groups in total. The molecule has 88 valence electrons. The molecule has 2 rings (SSSR count). The molecule has 1 unspecified atom stereocenters. The third kappa shape index (κ3) is 3.28. The van der Waals surface area contributed by atoms with E-state index in [2.05, 4.69) is 44.6 Å². The molecule has 2 aliphatic heterocycles. The van der Waals surface area contributed by atoms with E-state index in [9.17, 15) is 0 Å². The number of nitrogens with one attached hydrogen (secondary N) is 1. The molecule has 0 saturated carbocycles. The Morgan fingerprint density at radius 1 is 1.13 bits per heavy atom. The molecule has 0 aromatic rings. The molecule has 2 fully saturated rings. The molecule has 0 radical (unpaired) electrons. The van der Waals surface area contributed by atoms with Crippen LogP contribution in [0.5, 0.6) is 0 Å². The molecule has 2 heterocycles. The third-order valence-corrected chi connectivity index (χ3v) is 4.46. The van der Waals surface area contributed by atoms with Gasteiger partial charge in [-0.15, -0.1) is 0 Å². The average Bonchev–Trinajstić information content (AvgIpc) is 2.30. The largest absolute Gasteiger partial charge is 0.314 e. The van der Waals surface area contributed by atoms with Crippen LogP contribution in [0.15, 0.2) is 0 Å². The second-order valence-electron chi connectivity index (χ2n) is 4.63. The molecule has 3 nitrogen and oxygen atoms in total. The first-order valence-electron chi connectivity index (χ1n) is 6.10. The highest BCUT2D eigenvalue weighted by Crippen LogP contribution is 2.20. The summed E-state index contributed by atoms with van der Waals surface area (Å²) in [4.78, 5) is 5.28. The van der Waals surface area contributed by atoms with Crippen LogP contribution in [0.1, 0.15) is 19.8 Å². The van der Waals surface area contributed by atoms with Crippen LogP contribution >= 0.6 is 22.6 Å². The van der Waals surface area contributed by atoms with Crippen molar-refractivity contribution in [1.82, 2.24) is 15.1 Å². The summed E-state index contributed by atoms with van der Waals surface area (Å²) < 4.78 is 0.701. The summed E-state index contributed by atoms with van der Waals surface area (Å²) >= 11 is 2.53. The fraction of sp³-hybridized carbons (Fsp3) is 1.00. The summed E-state index contributed by atoms with van der Waals surface area (Å²) in [6.07, 6.45) is 2.74. The Bertz CT molecular complexity index is 184. The van der Waals surface area contributed by atoms with Crippen molar-refractivity contribution in [2.45, 2.75) is 29.9 Å². The quantitative estimate of drug-likeness (QED) is 0.467. The molecular formula is C11H22IN3. The van der Waals surface area contributed by atoms with E-state index in [4.69, 9.17) is 0 Å². The molecule has 1 atom stereocenters. The molecule has 0 aromatic carbocycles. The van der Waals surface area contributed by atoms with Crippen LogP contribution in [0.4, 0.5) is 0 Å². The van der Waals surface area contributed by atoms with Gasteiger partial charge in [0.1, 0.15) is 0 Å². The van der Waals surface area contributed by atoms with Crippen LogP contribution in [-0.4, -0.2) is 59.2 Å². The van der Waals surface area contributed by atoms with Gasteiger partial charge in [-0.3, -0.25) is 9.80 Å². The van der Waals surface area contributed by atoms with E-state index in [1.807, 2.05) is 0 Å². The Morgan fingerprint density at radius 2 is 1.73 bits per heavy atom. The van der Waals surface area contributed by atoms with Crippen LogP contribution < -0.4 is 5.32 Å². The van der Waals surface area contributed by atoms with Crippen molar-refractivity contribution in [3.05, 3.63) is 0 Å². The summed E-state index contributed by atoms with van der Waals surface area (Å²) in [5, 5.41) is 3.43. The lowest BCUT2D eigenvalue weighted by molar-refractivity contribution is 0.0978. The summed E-state index contributed by atoms with van der Waals surface area (Å²) in [7, 11) is 0. The maximum atomic E-state index is 3.43. The maximum Gasteiger partial charge on any atom is 0.0589 e. The van der Waals surface area contributed by atoms with Crippen molar-refractivity contribution in [1.29, 1.82) is 0 Å². The third-order valence-electron chi connectivity index (χ3n) is 3.67. The summed E-state index contributed by atoms with van der Waals surface area (Å²) in [5.74, 6) is 0. The van der Waals surface area contributed by atoms with Crippen molar-refractivity contribution in [3.63, 3.8) is 0 Å². The Hall–Kier alpha value is 0.610. The van der Waals surface area contributed by atoms with Gasteiger partial charge in [0.05, 0.1) is 4.05 Å². The number of hydrogen-bond acceptors (Lipinski definition) is 3. The summed E-state index contributed by atoms with van der Waals surface area (Å²) in [6.45, 7) is 9.75. The molecule has 2 saturated heterocycles. The van der Waals surface area contributed by atoms with Gasteiger partial charge in [0, 0.05) is 45.3 Å². The monoisotopic (exact) mass is 323 g/mol. The summed E-state index contributed by atoms with van der Waals surface area (Å²) in [5.41, 5.74) is 0. The van der Waals surface area contributed by atoms with Crippen molar-refractivity contribution in [2.75, 3.05) is 39.3 Å². The Labute approximate surface area is 107 Å². The van der Waals surface area contributed by atoms with Crippen LogP contribution in [-0.2, 0) is 0 Å². The highest BCUT2D eigenvalue weighted by Gasteiger charge is 2.26. The molecule has 0 aromatic heterocycles. The number of nitrogens with zero attached hydrogens (tertiary/aromatic N) is 2. The minimum absolute atomic E-state index is 0.701. The van der Waals surface area contributed by atoms with Gasteiger partial charge in [0.2, 0.25) is 0 Å². The first-order chi connectivity index (χ1) is 7.27. The fourth-order valence-electron chi connectivity index (χ4n) is 2.65. The lowest BCUT2D eigenvalue weighted by atomic mass is 10.0. The van der Waals surface area contributed by atoms with E-state index in [1.165, 1.54) is 52.1 Å². The van der Waals surface area contributed by atoms with Crippen LogP contribution in [0.25, 0.3) is 0 Å². The molecular weight excluding hydrogens is 301 g/mol. The highest BCUT2D eigenvalue weighted by atomic mass is 127. The van der Waals surface area contributed by atoms with Crippen molar-refractivity contribution in [3.8, 4) is 0 Å². The lowest BCUT2D eigenvalue weighted by Gasteiger charge is -2.41. The average molecular weight is 323 g/mol. The SMILES string of the molecule is CC(I)N1CCC(N2CCNCC2)CC1. The second kappa shape index (κ2) is 5.80. The number of likely N-dealkylation sites (tertiary alicyclic amines) is 1. The zero-order chi connectivity index (χ0) is 10.7. The Kier molecular flexibility index (Phi) is 4.67. The highest BCUT2D eigenvalue weighted by molar-refractivity contribution is 14.1. The van der Waals surface area contributed by atoms with E-state index in [1.54, 1.807) is 0 Å². The second-order valence-corrected chi connectivity index (χ2v) is 6.43. The van der Waals surface area contributed by atoms with E-state index < -0.39 is 0 Å². The molecule has 0 aliphatic carbocycles. The Morgan fingerprint density at radius 3 is 2.27 bits per heavy atom. The lowest BCUT2D eigenvalue weighted by Crippen LogP contribution is -2.52. The number of alkyl halides is 1. The normalized spacial score (nSPS) is 29.2. The fourth-order valence-corrected chi connectivity index (χ4v) is 3.21.